The summed E-state index contributed by atoms with van der Waals surface area (Å²) in [6, 6.07) is 17.8. The molecule has 0 fully saturated rings. The highest BCUT2D eigenvalue weighted by molar-refractivity contribution is 7.10. The van der Waals surface area contributed by atoms with Crippen LogP contribution in [0.15, 0.2) is 66.0 Å². The molecule has 0 saturated carbocycles. The molecule has 1 heterocycles. The zero-order chi connectivity index (χ0) is 16.9. The van der Waals surface area contributed by atoms with Crippen LogP contribution in [0, 0.1) is 12.7 Å². The number of aryl methyl sites for hydroxylation is 1. The zero-order valence-corrected chi connectivity index (χ0v) is 14.2. The molecule has 0 atom stereocenters. The van der Waals surface area contributed by atoms with Gasteiger partial charge in [-0.05, 0) is 47.7 Å². The van der Waals surface area contributed by atoms with Crippen LogP contribution in [0.3, 0.4) is 0 Å². The fourth-order valence-electron chi connectivity index (χ4n) is 2.55. The molecule has 2 aromatic carbocycles. The Hall–Kier alpha value is -2.46. The largest absolute Gasteiger partial charge is 0.329 e. The lowest BCUT2D eigenvalue weighted by Crippen LogP contribution is -2.30. The van der Waals surface area contributed by atoms with Crippen molar-refractivity contribution in [3.05, 3.63) is 93.4 Å². The number of rotatable bonds is 5. The summed E-state index contributed by atoms with van der Waals surface area (Å²) in [4.78, 5) is 15.8. The molecule has 0 radical (unpaired) electrons. The van der Waals surface area contributed by atoms with Crippen molar-refractivity contribution < 1.29 is 9.18 Å². The third-order valence-electron chi connectivity index (χ3n) is 3.88. The van der Waals surface area contributed by atoms with Crippen molar-refractivity contribution in [3.8, 4) is 0 Å². The lowest BCUT2D eigenvalue weighted by molar-refractivity contribution is 0.0731. The average Bonchev–Trinajstić information content (AvgIpc) is 2.99. The molecule has 4 heteroatoms. The quantitative estimate of drug-likeness (QED) is 0.638. The van der Waals surface area contributed by atoms with Crippen molar-refractivity contribution in [1.29, 1.82) is 0 Å². The molecule has 3 rings (SSSR count). The van der Waals surface area contributed by atoms with Crippen LogP contribution < -0.4 is 0 Å². The lowest BCUT2D eigenvalue weighted by atomic mass is 10.1. The zero-order valence-electron chi connectivity index (χ0n) is 13.4. The Balaban J connectivity index is 1.88. The molecule has 0 saturated heterocycles. The van der Waals surface area contributed by atoms with Crippen LogP contribution in [0.2, 0.25) is 0 Å². The average molecular weight is 339 g/mol. The van der Waals surface area contributed by atoms with E-state index in [9.17, 15) is 9.18 Å². The molecule has 0 aliphatic carbocycles. The van der Waals surface area contributed by atoms with Crippen molar-refractivity contribution >= 4 is 17.2 Å². The van der Waals surface area contributed by atoms with Gasteiger partial charge in [-0.25, -0.2) is 4.39 Å². The van der Waals surface area contributed by atoms with Gasteiger partial charge in [-0.1, -0.05) is 36.4 Å². The van der Waals surface area contributed by atoms with E-state index in [-0.39, 0.29) is 5.91 Å². The van der Waals surface area contributed by atoms with Crippen LogP contribution >= 0.6 is 11.3 Å². The first-order chi connectivity index (χ1) is 11.6. The van der Waals surface area contributed by atoms with Gasteiger partial charge in [0.1, 0.15) is 5.82 Å². The molecule has 0 spiro atoms. The van der Waals surface area contributed by atoms with Crippen LogP contribution in [0.4, 0.5) is 4.39 Å². The number of benzene rings is 2. The highest BCUT2D eigenvalue weighted by Crippen LogP contribution is 2.21. The maximum absolute atomic E-state index is 13.5. The van der Waals surface area contributed by atoms with Crippen LogP contribution in [0.25, 0.3) is 0 Å². The van der Waals surface area contributed by atoms with E-state index >= 15 is 0 Å². The van der Waals surface area contributed by atoms with Gasteiger partial charge in [0, 0.05) is 17.0 Å². The van der Waals surface area contributed by atoms with Gasteiger partial charge in [0.25, 0.3) is 5.91 Å². The molecule has 1 amide bonds. The van der Waals surface area contributed by atoms with Crippen molar-refractivity contribution in [2.45, 2.75) is 20.0 Å². The molecule has 0 unspecified atom stereocenters. The monoisotopic (exact) mass is 339 g/mol. The van der Waals surface area contributed by atoms with Gasteiger partial charge in [0.05, 0.1) is 6.54 Å². The Bertz CT molecular complexity index is 828. The molecule has 24 heavy (non-hydrogen) atoms. The minimum Gasteiger partial charge on any atom is -0.329 e. The first-order valence-corrected chi connectivity index (χ1v) is 8.63. The number of nitrogens with zero attached hydrogens (tertiary/aromatic N) is 1. The maximum Gasteiger partial charge on any atom is 0.254 e. The highest BCUT2D eigenvalue weighted by atomic mass is 32.1. The van der Waals surface area contributed by atoms with Crippen LogP contribution in [-0.2, 0) is 13.1 Å². The van der Waals surface area contributed by atoms with E-state index in [1.54, 1.807) is 28.4 Å². The van der Waals surface area contributed by atoms with Crippen molar-refractivity contribution in [1.82, 2.24) is 4.90 Å². The topological polar surface area (TPSA) is 20.3 Å². The summed E-state index contributed by atoms with van der Waals surface area (Å²) < 4.78 is 13.5. The summed E-state index contributed by atoms with van der Waals surface area (Å²) in [5, 5.41) is 2.03. The number of hydrogen-bond acceptors (Lipinski definition) is 2. The van der Waals surface area contributed by atoms with Crippen molar-refractivity contribution in [2.75, 3.05) is 0 Å². The number of hydrogen-bond donors (Lipinski definition) is 0. The van der Waals surface area contributed by atoms with Gasteiger partial charge < -0.3 is 4.90 Å². The Morgan fingerprint density at radius 3 is 2.50 bits per heavy atom. The minimum atomic E-state index is -0.396. The molecule has 0 aliphatic heterocycles. The van der Waals surface area contributed by atoms with Gasteiger partial charge in [-0.3, -0.25) is 4.79 Å². The highest BCUT2D eigenvalue weighted by Gasteiger charge is 2.18. The van der Waals surface area contributed by atoms with Crippen molar-refractivity contribution in [2.24, 2.45) is 0 Å². The van der Waals surface area contributed by atoms with Gasteiger partial charge in [-0.2, -0.15) is 0 Å². The predicted octanol–water partition coefficient (Wildman–Crippen LogP) is 5.04. The maximum atomic E-state index is 13.5. The van der Waals surface area contributed by atoms with Crippen LogP contribution in [0.1, 0.15) is 26.4 Å². The first kappa shape index (κ1) is 16.4. The number of carbonyl (C=O) groups is 1. The van der Waals surface area contributed by atoms with Gasteiger partial charge in [-0.15, -0.1) is 11.3 Å². The molecule has 2 nitrogen and oxygen atoms in total. The second kappa shape index (κ2) is 7.41. The summed E-state index contributed by atoms with van der Waals surface area (Å²) in [5.74, 6) is -0.557. The fourth-order valence-corrected chi connectivity index (χ4v) is 3.47. The normalized spacial score (nSPS) is 10.6. The Morgan fingerprint density at radius 2 is 1.83 bits per heavy atom. The molecule has 0 N–H and O–H groups in total. The van der Waals surface area contributed by atoms with E-state index in [4.69, 9.17) is 0 Å². The van der Waals surface area contributed by atoms with Gasteiger partial charge in [0.15, 0.2) is 0 Å². The molecule has 122 valence electrons. The van der Waals surface area contributed by atoms with E-state index in [0.717, 1.165) is 10.4 Å². The van der Waals surface area contributed by atoms with E-state index in [1.165, 1.54) is 17.7 Å². The number of amides is 1. The smallest absolute Gasteiger partial charge is 0.254 e. The lowest BCUT2D eigenvalue weighted by Gasteiger charge is -2.23. The summed E-state index contributed by atoms with van der Waals surface area (Å²) in [5.41, 5.74) is 2.60. The Morgan fingerprint density at radius 1 is 1.04 bits per heavy atom. The molecular formula is C20H18FNOS. The summed E-state index contributed by atoms with van der Waals surface area (Å²) in [7, 11) is 0. The molecule has 1 aromatic heterocycles. The van der Waals surface area contributed by atoms with E-state index < -0.39 is 5.82 Å². The van der Waals surface area contributed by atoms with Crippen molar-refractivity contribution in [3.63, 3.8) is 0 Å². The molecule has 0 aliphatic rings. The third-order valence-corrected chi connectivity index (χ3v) is 4.89. The SMILES string of the molecule is Cc1ccsc1CN(Cc1ccccc1)C(=O)c1cccc(F)c1. The number of carbonyl (C=O) groups excluding carboxylic acids is 1. The van der Waals surface area contributed by atoms with Crippen LogP contribution in [-0.4, -0.2) is 10.8 Å². The van der Waals surface area contributed by atoms with E-state index in [0.29, 0.717) is 18.7 Å². The third kappa shape index (κ3) is 3.89. The van der Waals surface area contributed by atoms with E-state index in [1.807, 2.05) is 48.7 Å². The second-order valence-corrected chi connectivity index (χ2v) is 6.68. The predicted molar refractivity (Wildman–Crippen MR) is 95.5 cm³/mol. The number of halogens is 1. The molecule has 3 aromatic rings. The first-order valence-electron chi connectivity index (χ1n) is 7.75. The van der Waals surface area contributed by atoms with Gasteiger partial charge >= 0.3 is 0 Å². The standard InChI is InChI=1S/C20H18FNOS/c1-15-10-11-24-19(15)14-22(13-16-6-3-2-4-7-16)20(23)17-8-5-9-18(21)12-17/h2-12H,13-14H2,1H3. The fraction of sp³-hybridized carbons (Fsp3) is 0.150. The summed E-state index contributed by atoms with van der Waals surface area (Å²) in [6.45, 7) is 3.06. The van der Waals surface area contributed by atoms with Crippen LogP contribution in [0.5, 0.6) is 0 Å². The number of thiophene rings is 1. The molecule has 0 bridgehead atoms. The Labute approximate surface area is 145 Å². The summed E-state index contributed by atoms with van der Waals surface area (Å²) in [6.07, 6.45) is 0. The summed E-state index contributed by atoms with van der Waals surface area (Å²) >= 11 is 1.64. The van der Waals surface area contributed by atoms with Gasteiger partial charge in [0.2, 0.25) is 0 Å². The second-order valence-electron chi connectivity index (χ2n) is 5.68. The Kier molecular flexibility index (Phi) is 5.06. The molecular weight excluding hydrogens is 321 g/mol. The van der Waals surface area contributed by atoms with E-state index in [2.05, 4.69) is 0 Å². The minimum absolute atomic E-state index is 0.161.